The fourth-order valence-corrected chi connectivity index (χ4v) is 2.60. The van der Waals surface area contributed by atoms with Gasteiger partial charge in [0.05, 0.1) is 7.11 Å². The predicted octanol–water partition coefficient (Wildman–Crippen LogP) is 4.14. The number of anilines is 2. The average molecular weight is 365 g/mol. The molecule has 0 fully saturated rings. The van der Waals surface area contributed by atoms with Crippen LogP contribution in [-0.2, 0) is 6.42 Å². The summed E-state index contributed by atoms with van der Waals surface area (Å²) in [7, 11) is 1.57. The molecule has 0 aliphatic rings. The van der Waals surface area contributed by atoms with Gasteiger partial charge >= 0.3 is 0 Å². The number of halogens is 1. The molecule has 0 saturated carbocycles. The van der Waals surface area contributed by atoms with Crippen molar-refractivity contribution in [2.24, 2.45) is 0 Å². The first kappa shape index (κ1) is 18.4. The summed E-state index contributed by atoms with van der Waals surface area (Å²) in [5, 5.41) is 5.98. The number of nitrogens with one attached hydrogen (secondary N) is 2. The molecular formula is C21H20FN3O2. The third-order valence-corrected chi connectivity index (χ3v) is 4.00. The summed E-state index contributed by atoms with van der Waals surface area (Å²) < 4.78 is 18.8. The Balaban J connectivity index is 1.60. The van der Waals surface area contributed by atoms with Gasteiger partial charge in [-0.3, -0.25) is 9.78 Å². The van der Waals surface area contributed by atoms with E-state index in [1.807, 2.05) is 6.07 Å². The molecule has 0 saturated heterocycles. The molecule has 1 heterocycles. The van der Waals surface area contributed by atoms with E-state index in [9.17, 15) is 9.18 Å². The number of benzene rings is 2. The molecule has 3 aromatic rings. The van der Waals surface area contributed by atoms with Gasteiger partial charge in [0, 0.05) is 30.2 Å². The fourth-order valence-electron chi connectivity index (χ4n) is 2.60. The summed E-state index contributed by atoms with van der Waals surface area (Å²) in [6, 6.07) is 17.2. The van der Waals surface area contributed by atoms with E-state index in [2.05, 4.69) is 15.6 Å². The Morgan fingerprint density at radius 1 is 1.07 bits per heavy atom. The topological polar surface area (TPSA) is 63.2 Å². The zero-order chi connectivity index (χ0) is 19.1. The van der Waals surface area contributed by atoms with Crippen LogP contribution in [0.4, 0.5) is 15.8 Å². The predicted molar refractivity (Wildman–Crippen MR) is 104 cm³/mol. The van der Waals surface area contributed by atoms with Gasteiger partial charge in [-0.2, -0.15) is 0 Å². The minimum atomic E-state index is -0.319. The molecule has 2 aromatic carbocycles. The normalized spacial score (nSPS) is 10.3. The van der Waals surface area contributed by atoms with Crippen molar-refractivity contribution < 1.29 is 13.9 Å². The standard InChI is InChI=1S/C21H20FN3O2/c1-27-18-7-4-6-17(13-18)25-21(26)20-14-16(10-12-24-20)23-11-9-15-5-2-3-8-19(15)22/h2-8,10,12-14H,9,11H2,1H3,(H,23,24)(H,25,26). The quantitative estimate of drug-likeness (QED) is 0.661. The van der Waals surface area contributed by atoms with Crippen LogP contribution in [0.1, 0.15) is 16.1 Å². The minimum Gasteiger partial charge on any atom is -0.497 e. The second-order valence-corrected chi connectivity index (χ2v) is 5.88. The molecule has 0 bridgehead atoms. The summed E-state index contributed by atoms with van der Waals surface area (Å²) in [6.45, 7) is 0.544. The van der Waals surface area contributed by atoms with Crippen LogP contribution in [0.3, 0.4) is 0 Å². The van der Waals surface area contributed by atoms with E-state index >= 15 is 0 Å². The summed E-state index contributed by atoms with van der Waals surface area (Å²) in [4.78, 5) is 16.5. The van der Waals surface area contributed by atoms with Gasteiger partial charge < -0.3 is 15.4 Å². The molecule has 6 heteroatoms. The van der Waals surface area contributed by atoms with Crippen LogP contribution >= 0.6 is 0 Å². The molecule has 0 spiro atoms. The second kappa shape index (κ2) is 8.80. The monoisotopic (exact) mass is 365 g/mol. The number of amides is 1. The Kier molecular flexibility index (Phi) is 5.99. The molecule has 0 unspecified atom stereocenters. The number of methoxy groups -OCH3 is 1. The first-order valence-corrected chi connectivity index (χ1v) is 8.54. The maximum atomic E-state index is 13.6. The summed E-state index contributed by atoms with van der Waals surface area (Å²) >= 11 is 0. The zero-order valence-electron chi connectivity index (χ0n) is 14.9. The van der Waals surface area contributed by atoms with Crippen molar-refractivity contribution in [3.05, 3.63) is 83.9 Å². The van der Waals surface area contributed by atoms with Gasteiger partial charge in [-0.1, -0.05) is 24.3 Å². The molecule has 27 heavy (non-hydrogen) atoms. The van der Waals surface area contributed by atoms with Gasteiger partial charge in [0.2, 0.25) is 0 Å². The lowest BCUT2D eigenvalue weighted by Gasteiger charge is -2.09. The number of nitrogens with zero attached hydrogens (tertiary/aromatic N) is 1. The van der Waals surface area contributed by atoms with Crippen molar-refractivity contribution in [2.45, 2.75) is 6.42 Å². The van der Waals surface area contributed by atoms with Gasteiger partial charge in [0.1, 0.15) is 17.3 Å². The van der Waals surface area contributed by atoms with E-state index in [1.165, 1.54) is 6.07 Å². The first-order chi connectivity index (χ1) is 13.2. The van der Waals surface area contributed by atoms with Gasteiger partial charge in [0.15, 0.2) is 0 Å². The number of carbonyl (C=O) groups is 1. The van der Waals surface area contributed by atoms with Crippen LogP contribution in [0.5, 0.6) is 5.75 Å². The highest BCUT2D eigenvalue weighted by molar-refractivity contribution is 6.03. The number of hydrogen-bond donors (Lipinski definition) is 2. The smallest absolute Gasteiger partial charge is 0.274 e. The van der Waals surface area contributed by atoms with Gasteiger partial charge in [-0.15, -0.1) is 0 Å². The van der Waals surface area contributed by atoms with Crippen molar-refractivity contribution in [2.75, 3.05) is 24.3 Å². The number of hydrogen-bond acceptors (Lipinski definition) is 4. The van der Waals surface area contributed by atoms with Crippen LogP contribution < -0.4 is 15.4 Å². The molecular weight excluding hydrogens is 345 g/mol. The van der Waals surface area contributed by atoms with Crippen LogP contribution in [0.15, 0.2) is 66.9 Å². The molecule has 0 aliphatic carbocycles. The Labute approximate surface area is 157 Å². The number of pyridine rings is 1. The highest BCUT2D eigenvalue weighted by atomic mass is 19.1. The maximum absolute atomic E-state index is 13.6. The zero-order valence-corrected chi connectivity index (χ0v) is 14.9. The van der Waals surface area contributed by atoms with Crippen LogP contribution in [0, 0.1) is 5.82 Å². The molecule has 0 atom stereocenters. The van der Waals surface area contributed by atoms with E-state index in [1.54, 1.807) is 61.8 Å². The van der Waals surface area contributed by atoms with Crippen LogP contribution in [0.2, 0.25) is 0 Å². The Hall–Kier alpha value is -3.41. The van der Waals surface area contributed by atoms with Gasteiger partial charge in [-0.05, 0) is 42.3 Å². The molecule has 0 radical (unpaired) electrons. The van der Waals surface area contributed by atoms with Crippen molar-refractivity contribution in [1.82, 2.24) is 4.98 Å². The SMILES string of the molecule is COc1cccc(NC(=O)c2cc(NCCc3ccccc3F)ccn2)c1. The largest absolute Gasteiger partial charge is 0.497 e. The average Bonchev–Trinajstić information content (AvgIpc) is 2.70. The van der Waals surface area contributed by atoms with E-state index < -0.39 is 0 Å². The Morgan fingerprint density at radius 2 is 1.93 bits per heavy atom. The number of aromatic nitrogens is 1. The van der Waals surface area contributed by atoms with E-state index in [4.69, 9.17) is 4.74 Å². The van der Waals surface area contributed by atoms with Crippen molar-refractivity contribution in [3.63, 3.8) is 0 Å². The summed E-state index contributed by atoms with van der Waals surface area (Å²) in [5.74, 6) is 0.123. The lowest BCUT2D eigenvalue weighted by molar-refractivity contribution is 0.102. The number of rotatable bonds is 7. The lowest BCUT2D eigenvalue weighted by atomic mass is 10.1. The third kappa shape index (κ3) is 5.04. The maximum Gasteiger partial charge on any atom is 0.274 e. The molecule has 1 aromatic heterocycles. The Morgan fingerprint density at radius 3 is 2.74 bits per heavy atom. The third-order valence-electron chi connectivity index (χ3n) is 4.00. The summed E-state index contributed by atoms with van der Waals surface area (Å²) in [6.07, 6.45) is 2.10. The number of ether oxygens (including phenoxy) is 1. The highest BCUT2D eigenvalue weighted by Gasteiger charge is 2.09. The molecule has 1 amide bonds. The number of carbonyl (C=O) groups excluding carboxylic acids is 1. The first-order valence-electron chi connectivity index (χ1n) is 8.54. The van der Waals surface area contributed by atoms with Crippen LogP contribution in [0.25, 0.3) is 0 Å². The van der Waals surface area contributed by atoms with Gasteiger partial charge in [0.25, 0.3) is 5.91 Å². The van der Waals surface area contributed by atoms with E-state index in [0.717, 1.165) is 5.69 Å². The van der Waals surface area contributed by atoms with Gasteiger partial charge in [-0.25, -0.2) is 4.39 Å². The second-order valence-electron chi connectivity index (χ2n) is 5.88. The molecule has 138 valence electrons. The fraction of sp³-hybridized carbons (Fsp3) is 0.143. The molecule has 2 N–H and O–H groups in total. The van der Waals surface area contributed by atoms with E-state index in [-0.39, 0.29) is 17.4 Å². The lowest BCUT2D eigenvalue weighted by Crippen LogP contribution is -2.14. The van der Waals surface area contributed by atoms with E-state index in [0.29, 0.717) is 30.0 Å². The molecule has 0 aliphatic heterocycles. The minimum absolute atomic E-state index is 0.215. The summed E-state index contributed by atoms with van der Waals surface area (Å²) in [5.41, 5.74) is 2.31. The van der Waals surface area contributed by atoms with Crippen molar-refractivity contribution in [3.8, 4) is 5.75 Å². The van der Waals surface area contributed by atoms with Crippen molar-refractivity contribution in [1.29, 1.82) is 0 Å². The van der Waals surface area contributed by atoms with Crippen molar-refractivity contribution >= 4 is 17.3 Å². The Bertz CT molecular complexity index is 931. The molecule has 3 rings (SSSR count). The molecule has 5 nitrogen and oxygen atoms in total. The van der Waals surface area contributed by atoms with Crippen LogP contribution in [-0.4, -0.2) is 24.5 Å². The highest BCUT2D eigenvalue weighted by Crippen LogP contribution is 2.18.